The van der Waals surface area contributed by atoms with Gasteiger partial charge in [0.15, 0.2) is 0 Å². The number of carbonyl (C=O) groups is 1. The van der Waals surface area contributed by atoms with Crippen molar-refractivity contribution in [2.24, 2.45) is 5.84 Å². The Balaban J connectivity index is 2.39. The van der Waals surface area contributed by atoms with Crippen molar-refractivity contribution in [2.45, 2.75) is 12.2 Å². The van der Waals surface area contributed by atoms with E-state index >= 15 is 0 Å². The number of thioether (sulfide) groups is 1. The Morgan fingerprint density at radius 2 is 2.55 bits per heavy atom. The molecule has 3 N–H and O–H groups in total. The minimum absolute atomic E-state index is 0.169. The molecule has 1 aliphatic rings. The van der Waals surface area contributed by atoms with Gasteiger partial charge >= 0.3 is 6.03 Å². The van der Waals surface area contributed by atoms with E-state index in [1.807, 2.05) is 11.8 Å². The molecule has 5 heteroatoms. The summed E-state index contributed by atoms with van der Waals surface area (Å²) in [6, 6.07) is -0.169. The first-order valence-corrected chi connectivity index (χ1v) is 4.66. The molecule has 1 fully saturated rings. The minimum Gasteiger partial charge on any atom is -0.322 e. The first-order chi connectivity index (χ1) is 5.24. The summed E-state index contributed by atoms with van der Waals surface area (Å²) in [7, 11) is 0. The van der Waals surface area contributed by atoms with Crippen LogP contribution in [0.3, 0.4) is 0 Å². The van der Waals surface area contributed by atoms with Crippen molar-refractivity contribution in [3.8, 4) is 0 Å². The van der Waals surface area contributed by atoms with Crippen LogP contribution in [0.4, 0.5) is 4.79 Å². The van der Waals surface area contributed by atoms with Crippen molar-refractivity contribution < 1.29 is 4.79 Å². The van der Waals surface area contributed by atoms with E-state index in [2.05, 4.69) is 12.3 Å². The SMILES string of the molecule is CC1CN(C(=O)NN)CCS1. The Morgan fingerprint density at radius 1 is 1.82 bits per heavy atom. The van der Waals surface area contributed by atoms with Gasteiger partial charge in [-0.05, 0) is 0 Å². The van der Waals surface area contributed by atoms with Crippen molar-refractivity contribution in [1.82, 2.24) is 10.3 Å². The minimum atomic E-state index is -0.169. The summed E-state index contributed by atoms with van der Waals surface area (Å²) in [5.41, 5.74) is 2.13. The highest BCUT2D eigenvalue weighted by molar-refractivity contribution is 7.99. The summed E-state index contributed by atoms with van der Waals surface area (Å²) in [6.07, 6.45) is 0. The van der Waals surface area contributed by atoms with Gasteiger partial charge in [0.25, 0.3) is 0 Å². The number of nitrogens with two attached hydrogens (primary N) is 1. The zero-order valence-electron chi connectivity index (χ0n) is 6.54. The number of carbonyl (C=O) groups excluding carboxylic acids is 1. The number of amides is 2. The molecule has 11 heavy (non-hydrogen) atoms. The summed E-state index contributed by atoms with van der Waals surface area (Å²) in [5.74, 6) is 6.01. The van der Waals surface area contributed by atoms with Crippen LogP contribution in [0.5, 0.6) is 0 Å². The number of hydrogen-bond acceptors (Lipinski definition) is 3. The lowest BCUT2D eigenvalue weighted by atomic mass is 10.4. The third kappa shape index (κ3) is 2.27. The van der Waals surface area contributed by atoms with Crippen molar-refractivity contribution in [2.75, 3.05) is 18.8 Å². The molecule has 2 amide bonds. The molecule has 0 aliphatic carbocycles. The maximum atomic E-state index is 11.0. The fraction of sp³-hybridized carbons (Fsp3) is 0.833. The van der Waals surface area contributed by atoms with E-state index in [1.54, 1.807) is 4.90 Å². The van der Waals surface area contributed by atoms with Gasteiger partial charge in [0, 0.05) is 24.1 Å². The fourth-order valence-corrected chi connectivity index (χ4v) is 2.11. The summed E-state index contributed by atoms with van der Waals surface area (Å²) in [4.78, 5) is 12.7. The van der Waals surface area contributed by atoms with Gasteiger partial charge < -0.3 is 4.90 Å². The second kappa shape index (κ2) is 3.82. The zero-order valence-corrected chi connectivity index (χ0v) is 7.36. The second-order valence-corrected chi connectivity index (χ2v) is 4.12. The molecular formula is C6H13N3OS. The number of nitrogens with one attached hydrogen (secondary N) is 1. The van der Waals surface area contributed by atoms with Crippen LogP contribution in [0.25, 0.3) is 0 Å². The number of urea groups is 1. The number of hydrazine groups is 1. The second-order valence-electron chi connectivity index (χ2n) is 2.58. The molecule has 0 radical (unpaired) electrons. The van der Waals surface area contributed by atoms with E-state index in [4.69, 9.17) is 5.84 Å². The fourth-order valence-electron chi connectivity index (χ4n) is 1.09. The van der Waals surface area contributed by atoms with Crippen molar-refractivity contribution in [3.05, 3.63) is 0 Å². The van der Waals surface area contributed by atoms with Crippen LogP contribution < -0.4 is 11.3 Å². The van der Waals surface area contributed by atoms with Crippen LogP contribution >= 0.6 is 11.8 Å². The molecule has 0 spiro atoms. The number of nitrogens with zero attached hydrogens (tertiary/aromatic N) is 1. The van der Waals surface area contributed by atoms with E-state index in [0.717, 1.165) is 18.8 Å². The molecule has 0 aromatic carbocycles. The van der Waals surface area contributed by atoms with Crippen LogP contribution in [0.15, 0.2) is 0 Å². The van der Waals surface area contributed by atoms with Gasteiger partial charge in [-0.3, -0.25) is 5.43 Å². The van der Waals surface area contributed by atoms with E-state index in [0.29, 0.717) is 5.25 Å². The molecule has 0 aromatic heterocycles. The molecule has 1 aliphatic heterocycles. The Hall–Kier alpha value is -0.420. The van der Waals surface area contributed by atoms with E-state index < -0.39 is 0 Å². The molecule has 1 saturated heterocycles. The van der Waals surface area contributed by atoms with Crippen LogP contribution in [0, 0.1) is 0 Å². The molecule has 0 aromatic rings. The zero-order chi connectivity index (χ0) is 8.27. The van der Waals surface area contributed by atoms with Crippen LogP contribution in [0.2, 0.25) is 0 Å². The van der Waals surface area contributed by atoms with Gasteiger partial charge in [-0.1, -0.05) is 6.92 Å². The molecule has 1 heterocycles. The summed E-state index contributed by atoms with van der Waals surface area (Å²) < 4.78 is 0. The molecule has 0 saturated carbocycles. The number of rotatable bonds is 0. The first-order valence-electron chi connectivity index (χ1n) is 3.61. The maximum absolute atomic E-state index is 11.0. The van der Waals surface area contributed by atoms with Crippen molar-refractivity contribution >= 4 is 17.8 Å². The average Bonchev–Trinajstić information content (AvgIpc) is 2.03. The summed E-state index contributed by atoms with van der Waals surface area (Å²) in [5, 5.41) is 0.529. The normalized spacial score (nSPS) is 24.9. The predicted molar refractivity (Wildman–Crippen MR) is 46.2 cm³/mol. The van der Waals surface area contributed by atoms with Gasteiger partial charge in [0.2, 0.25) is 0 Å². The maximum Gasteiger partial charge on any atom is 0.331 e. The molecular weight excluding hydrogens is 162 g/mol. The third-order valence-electron chi connectivity index (χ3n) is 1.65. The molecule has 1 unspecified atom stereocenters. The van der Waals surface area contributed by atoms with Gasteiger partial charge in [0.1, 0.15) is 0 Å². The molecule has 64 valence electrons. The molecule has 1 atom stereocenters. The van der Waals surface area contributed by atoms with E-state index in [9.17, 15) is 4.79 Å². The van der Waals surface area contributed by atoms with E-state index in [-0.39, 0.29) is 6.03 Å². The average molecular weight is 175 g/mol. The van der Waals surface area contributed by atoms with Gasteiger partial charge in [0.05, 0.1) is 0 Å². The quantitative estimate of drug-likeness (QED) is 0.310. The molecule has 0 bridgehead atoms. The highest BCUT2D eigenvalue weighted by Crippen LogP contribution is 2.17. The topological polar surface area (TPSA) is 58.4 Å². The highest BCUT2D eigenvalue weighted by atomic mass is 32.2. The summed E-state index contributed by atoms with van der Waals surface area (Å²) in [6.45, 7) is 3.71. The molecule has 4 nitrogen and oxygen atoms in total. The Labute approximate surface area is 70.5 Å². The summed E-state index contributed by atoms with van der Waals surface area (Å²) >= 11 is 1.89. The van der Waals surface area contributed by atoms with Crippen LogP contribution in [-0.2, 0) is 0 Å². The Kier molecular flexibility index (Phi) is 3.02. The Bertz CT molecular complexity index is 153. The van der Waals surface area contributed by atoms with Crippen LogP contribution in [-0.4, -0.2) is 35.0 Å². The lowest BCUT2D eigenvalue weighted by Gasteiger charge is -2.29. The predicted octanol–water partition coefficient (Wildman–Crippen LogP) is 0.00700. The van der Waals surface area contributed by atoms with Gasteiger partial charge in [-0.25, -0.2) is 10.6 Å². The Morgan fingerprint density at radius 3 is 3.09 bits per heavy atom. The lowest BCUT2D eigenvalue weighted by molar-refractivity contribution is 0.200. The monoisotopic (exact) mass is 175 g/mol. The van der Waals surface area contributed by atoms with Gasteiger partial charge in [-0.2, -0.15) is 11.8 Å². The first kappa shape index (κ1) is 8.67. The lowest BCUT2D eigenvalue weighted by Crippen LogP contribution is -2.48. The third-order valence-corrected chi connectivity index (χ3v) is 2.79. The van der Waals surface area contributed by atoms with Crippen molar-refractivity contribution in [1.29, 1.82) is 0 Å². The van der Waals surface area contributed by atoms with Gasteiger partial charge in [-0.15, -0.1) is 0 Å². The number of hydrogen-bond donors (Lipinski definition) is 2. The van der Waals surface area contributed by atoms with Crippen molar-refractivity contribution in [3.63, 3.8) is 0 Å². The largest absolute Gasteiger partial charge is 0.331 e. The molecule has 1 rings (SSSR count). The van der Waals surface area contributed by atoms with E-state index in [1.165, 1.54) is 0 Å². The highest BCUT2D eigenvalue weighted by Gasteiger charge is 2.19. The smallest absolute Gasteiger partial charge is 0.322 e. The van der Waals surface area contributed by atoms with Crippen LogP contribution in [0.1, 0.15) is 6.92 Å². The standard InChI is InChI=1S/C6H13N3OS/c1-5-4-9(2-3-11-5)6(10)8-7/h5H,2-4,7H2,1H3,(H,8,10).